The Kier molecular flexibility index (Phi) is 3.62. The van der Waals surface area contributed by atoms with E-state index < -0.39 is 0 Å². The van der Waals surface area contributed by atoms with Crippen LogP contribution in [0.2, 0.25) is 0 Å². The molecule has 24 heavy (non-hydrogen) atoms. The average molecular weight is 326 g/mol. The first-order valence-electron chi connectivity index (χ1n) is 8.11. The van der Waals surface area contributed by atoms with Gasteiger partial charge in [-0.1, -0.05) is 18.2 Å². The zero-order valence-electron chi connectivity index (χ0n) is 13.4. The van der Waals surface area contributed by atoms with Crippen LogP contribution in [0, 0.1) is 5.82 Å². The van der Waals surface area contributed by atoms with Gasteiger partial charge in [-0.2, -0.15) is 0 Å². The molecule has 2 aliphatic rings. The number of aliphatic hydroxyl groups excluding tert-OH is 1. The molecule has 4 rings (SSSR count). The number of rotatable bonds is 2. The van der Waals surface area contributed by atoms with Gasteiger partial charge >= 0.3 is 0 Å². The Morgan fingerprint density at radius 2 is 1.92 bits per heavy atom. The smallest absolute Gasteiger partial charge is 0.258 e. The largest absolute Gasteiger partial charge is 0.395 e. The number of likely N-dealkylation sites (tertiary alicyclic amines) is 1. The second kappa shape index (κ2) is 5.69. The molecule has 5 heteroatoms. The summed E-state index contributed by atoms with van der Waals surface area (Å²) in [5, 5.41) is 9.64. The SMILES string of the molecule is CN1[C@H](CO)[C@@H]2c3ccccc3N(C(=O)c3ccc(F)cc3)C[C@@H]21. The topological polar surface area (TPSA) is 43.8 Å². The Bertz CT molecular complexity index is 777. The Balaban J connectivity index is 1.73. The van der Waals surface area contributed by atoms with E-state index >= 15 is 0 Å². The number of carbonyl (C=O) groups excluding carboxylic acids is 1. The number of nitrogens with zero attached hydrogens (tertiary/aromatic N) is 2. The lowest BCUT2D eigenvalue weighted by atomic mass is 9.72. The van der Waals surface area contributed by atoms with Gasteiger partial charge in [0.25, 0.3) is 5.91 Å². The molecule has 1 fully saturated rings. The highest BCUT2D eigenvalue weighted by Crippen LogP contribution is 2.47. The van der Waals surface area contributed by atoms with Gasteiger partial charge in [0.05, 0.1) is 6.61 Å². The van der Waals surface area contributed by atoms with E-state index in [2.05, 4.69) is 4.90 Å². The van der Waals surface area contributed by atoms with Crippen molar-refractivity contribution < 1.29 is 14.3 Å². The maximum absolute atomic E-state index is 13.1. The van der Waals surface area contributed by atoms with E-state index in [9.17, 15) is 14.3 Å². The van der Waals surface area contributed by atoms with E-state index in [-0.39, 0.29) is 36.3 Å². The number of carbonyl (C=O) groups is 1. The van der Waals surface area contributed by atoms with Crippen molar-refractivity contribution in [3.05, 3.63) is 65.5 Å². The van der Waals surface area contributed by atoms with Crippen molar-refractivity contribution in [3.63, 3.8) is 0 Å². The van der Waals surface area contributed by atoms with E-state index in [0.717, 1.165) is 11.3 Å². The number of hydrogen-bond acceptors (Lipinski definition) is 3. The first-order chi connectivity index (χ1) is 11.6. The van der Waals surface area contributed by atoms with Gasteiger partial charge < -0.3 is 10.0 Å². The number of aliphatic hydroxyl groups is 1. The first kappa shape index (κ1) is 15.3. The Hall–Kier alpha value is -2.24. The molecule has 4 nitrogen and oxygen atoms in total. The summed E-state index contributed by atoms with van der Waals surface area (Å²) >= 11 is 0. The van der Waals surface area contributed by atoms with Gasteiger partial charge in [0.15, 0.2) is 0 Å². The number of fused-ring (bicyclic) bond motifs is 3. The minimum atomic E-state index is -0.352. The zero-order chi connectivity index (χ0) is 16.8. The summed E-state index contributed by atoms with van der Waals surface area (Å²) < 4.78 is 13.1. The minimum absolute atomic E-state index is 0.0965. The molecule has 2 heterocycles. The molecule has 2 aromatic rings. The molecule has 1 N–H and O–H groups in total. The molecule has 0 unspecified atom stereocenters. The highest BCUT2D eigenvalue weighted by molar-refractivity contribution is 6.07. The monoisotopic (exact) mass is 326 g/mol. The van der Waals surface area contributed by atoms with Crippen LogP contribution in [0.3, 0.4) is 0 Å². The third-order valence-corrected chi connectivity index (χ3v) is 5.35. The van der Waals surface area contributed by atoms with Crippen molar-refractivity contribution in [2.45, 2.75) is 18.0 Å². The van der Waals surface area contributed by atoms with Gasteiger partial charge in [-0.25, -0.2) is 4.39 Å². The summed E-state index contributed by atoms with van der Waals surface area (Å²) in [5.74, 6) is -0.231. The molecule has 124 valence electrons. The summed E-state index contributed by atoms with van der Waals surface area (Å²) in [5.41, 5.74) is 2.46. The molecule has 2 aromatic carbocycles. The van der Waals surface area contributed by atoms with Crippen LogP contribution in [0.5, 0.6) is 0 Å². The van der Waals surface area contributed by atoms with Crippen LogP contribution < -0.4 is 4.90 Å². The highest BCUT2D eigenvalue weighted by Gasteiger charge is 2.51. The van der Waals surface area contributed by atoms with Gasteiger partial charge in [0.1, 0.15) is 5.82 Å². The molecule has 0 aromatic heterocycles. The molecule has 3 atom stereocenters. The Morgan fingerprint density at radius 3 is 2.62 bits per heavy atom. The number of para-hydroxylation sites is 1. The molecule has 0 spiro atoms. The van der Waals surface area contributed by atoms with Gasteiger partial charge in [0, 0.05) is 35.8 Å². The zero-order valence-corrected chi connectivity index (χ0v) is 13.4. The van der Waals surface area contributed by atoms with Gasteiger partial charge in [0.2, 0.25) is 0 Å². The predicted octanol–water partition coefficient (Wildman–Crippen LogP) is 2.24. The quantitative estimate of drug-likeness (QED) is 0.920. The lowest BCUT2D eigenvalue weighted by Gasteiger charge is -2.57. The van der Waals surface area contributed by atoms with Crippen LogP contribution >= 0.6 is 0 Å². The third kappa shape index (κ3) is 2.16. The molecule has 0 saturated carbocycles. The lowest BCUT2D eigenvalue weighted by molar-refractivity contribution is -0.0208. The summed E-state index contributed by atoms with van der Waals surface area (Å²) in [6.07, 6.45) is 0. The Labute approximate surface area is 140 Å². The van der Waals surface area contributed by atoms with Crippen LogP contribution in [0.1, 0.15) is 21.8 Å². The van der Waals surface area contributed by atoms with Crippen LogP contribution in [0.4, 0.5) is 10.1 Å². The maximum atomic E-state index is 13.1. The van der Waals surface area contributed by atoms with Crippen molar-refractivity contribution in [1.82, 2.24) is 4.90 Å². The molecule has 0 aliphatic carbocycles. The summed E-state index contributed by atoms with van der Waals surface area (Å²) in [6, 6.07) is 13.8. The molecule has 0 bridgehead atoms. The summed E-state index contributed by atoms with van der Waals surface area (Å²) in [4.78, 5) is 16.8. The molecular weight excluding hydrogens is 307 g/mol. The predicted molar refractivity (Wildman–Crippen MR) is 89.7 cm³/mol. The average Bonchev–Trinajstić information content (AvgIpc) is 2.61. The van der Waals surface area contributed by atoms with Gasteiger partial charge in [-0.15, -0.1) is 0 Å². The minimum Gasteiger partial charge on any atom is -0.395 e. The van der Waals surface area contributed by atoms with E-state index in [0.29, 0.717) is 12.1 Å². The van der Waals surface area contributed by atoms with Crippen LogP contribution in [-0.4, -0.2) is 48.2 Å². The van der Waals surface area contributed by atoms with E-state index in [1.165, 1.54) is 24.3 Å². The maximum Gasteiger partial charge on any atom is 0.258 e. The van der Waals surface area contributed by atoms with E-state index in [4.69, 9.17) is 0 Å². The number of hydrogen-bond donors (Lipinski definition) is 1. The first-order valence-corrected chi connectivity index (χ1v) is 8.11. The molecule has 1 amide bonds. The van der Waals surface area contributed by atoms with Crippen LogP contribution in [-0.2, 0) is 0 Å². The molecule has 2 aliphatic heterocycles. The number of anilines is 1. The van der Waals surface area contributed by atoms with Crippen molar-refractivity contribution in [1.29, 1.82) is 0 Å². The number of benzene rings is 2. The second-order valence-corrected chi connectivity index (χ2v) is 6.49. The lowest BCUT2D eigenvalue weighted by Crippen LogP contribution is -2.67. The van der Waals surface area contributed by atoms with Crippen molar-refractivity contribution in [3.8, 4) is 0 Å². The van der Waals surface area contributed by atoms with Crippen molar-refractivity contribution in [2.75, 3.05) is 25.1 Å². The fourth-order valence-corrected chi connectivity index (χ4v) is 4.05. The van der Waals surface area contributed by atoms with E-state index in [1.807, 2.05) is 31.3 Å². The van der Waals surface area contributed by atoms with Crippen molar-refractivity contribution >= 4 is 11.6 Å². The number of likely N-dealkylation sites (N-methyl/N-ethyl adjacent to an activating group) is 1. The van der Waals surface area contributed by atoms with Crippen molar-refractivity contribution in [2.24, 2.45) is 0 Å². The summed E-state index contributed by atoms with van der Waals surface area (Å²) in [6.45, 7) is 0.683. The standard InChI is InChI=1S/C19H19FN2O2/c1-21-16-10-22(19(24)12-6-8-13(20)9-7-12)15-5-3-2-4-14(15)18(16)17(21)11-23/h2-9,16-18,23H,10-11H2,1H3/t16-,17+,18+/m0/s1. The molecule has 1 saturated heterocycles. The molecular formula is C19H19FN2O2. The van der Waals surface area contributed by atoms with Crippen LogP contribution in [0.25, 0.3) is 0 Å². The normalized spacial score (nSPS) is 25.6. The second-order valence-electron chi connectivity index (χ2n) is 6.49. The third-order valence-electron chi connectivity index (χ3n) is 5.35. The number of amides is 1. The van der Waals surface area contributed by atoms with Gasteiger partial charge in [-0.3, -0.25) is 9.69 Å². The van der Waals surface area contributed by atoms with Crippen LogP contribution in [0.15, 0.2) is 48.5 Å². The molecule has 0 radical (unpaired) electrons. The highest BCUT2D eigenvalue weighted by atomic mass is 19.1. The Morgan fingerprint density at radius 1 is 1.21 bits per heavy atom. The van der Waals surface area contributed by atoms with E-state index in [1.54, 1.807) is 4.90 Å². The fourth-order valence-electron chi connectivity index (χ4n) is 4.05. The fraction of sp³-hybridized carbons (Fsp3) is 0.316. The van der Waals surface area contributed by atoms with Gasteiger partial charge in [-0.05, 0) is 42.9 Å². The number of halogens is 1. The summed E-state index contributed by atoms with van der Waals surface area (Å²) in [7, 11) is 1.98.